The number of nitrogens with one attached hydrogen (secondary N) is 2. The predicted molar refractivity (Wildman–Crippen MR) is 100.0 cm³/mol. The maximum Gasteiger partial charge on any atom is 0.262 e. The Bertz CT molecular complexity index is 752. The summed E-state index contributed by atoms with van der Waals surface area (Å²) in [5, 5.41) is 5.58. The molecule has 2 aromatic carbocycles. The average molecular weight is 340 g/mol. The van der Waals surface area contributed by atoms with Crippen LogP contribution in [0.4, 0.5) is 11.4 Å². The van der Waals surface area contributed by atoms with E-state index in [9.17, 15) is 9.59 Å². The molecule has 2 N–H and O–H groups in total. The second-order valence-corrected chi connectivity index (χ2v) is 6.26. The molecule has 0 spiro atoms. The SMILES string of the molecule is Cc1cccc(OCC(=O)Nc2ccc(NC(=O)C(C)C)cc2)c1C. The molecule has 0 bridgehead atoms. The maximum atomic E-state index is 12.0. The molecule has 0 atom stereocenters. The molecule has 2 aromatic rings. The van der Waals surface area contributed by atoms with E-state index in [1.165, 1.54) is 0 Å². The van der Waals surface area contributed by atoms with Crippen molar-refractivity contribution in [1.82, 2.24) is 0 Å². The lowest BCUT2D eigenvalue weighted by Crippen LogP contribution is -2.20. The minimum atomic E-state index is -0.236. The van der Waals surface area contributed by atoms with Crippen molar-refractivity contribution in [1.29, 1.82) is 0 Å². The van der Waals surface area contributed by atoms with Crippen molar-refractivity contribution >= 4 is 23.2 Å². The van der Waals surface area contributed by atoms with Gasteiger partial charge in [-0.2, -0.15) is 0 Å². The molecule has 0 aliphatic rings. The van der Waals surface area contributed by atoms with Crippen molar-refractivity contribution in [2.24, 2.45) is 5.92 Å². The number of aryl methyl sites for hydroxylation is 1. The van der Waals surface area contributed by atoms with Gasteiger partial charge in [0.15, 0.2) is 6.61 Å². The molecule has 0 unspecified atom stereocenters. The van der Waals surface area contributed by atoms with Crippen LogP contribution in [-0.2, 0) is 9.59 Å². The molecule has 5 nitrogen and oxygen atoms in total. The number of carbonyl (C=O) groups excluding carboxylic acids is 2. The van der Waals surface area contributed by atoms with Gasteiger partial charge in [-0.15, -0.1) is 0 Å². The quantitative estimate of drug-likeness (QED) is 0.837. The molecule has 0 heterocycles. The van der Waals surface area contributed by atoms with E-state index in [0.717, 1.165) is 11.1 Å². The third-order valence-electron chi connectivity index (χ3n) is 3.87. The van der Waals surface area contributed by atoms with E-state index < -0.39 is 0 Å². The molecular formula is C20H24N2O3. The number of anilines is 2. The Morgan fingerprint density at radius 3 is 2.16 bits per heavy atom. The van der Waals surface area contributed by atoms with Gasteiger partial charge in [0.05, 0.1) is 0 Å². The normalized spacial score (nSPS) is 10.4. The van der Waals surface area contributed by atoms with Crippen molar-refractivity contribution in [3.63, 3.8) is 0 Å². The highest BCUT2D eigenvalue weighted by Crippen LogP contribution is 2.20. The Morgan fingerprint density at radius 1 is 0.960 bits per heavy atom. The monoisotopic (exact) mass is 340 g/mol. The summed E-state index contributed by atoms with van der Waals surface area (Å²) >= 11 is 0. The zero-order valence-corrected chi connectivity index (χ0v) is 15.1. The smallest absolute Gasteiger partial charge is 0.262 e. The standard InChI is InChI=1S/C20H24N2O3/c1-13(2)20(24)22-17-10-8-16(9-11-17)21-19(23)12-25-18-7-5-6-14(3)15(18)4/h5-11,13H,12H2,1-4H3,(H,21,23)(H,22,24). The fraction of sp³-hybridized carbons (Fsp3) is 0.300. The number of benzene rings is 2. The van der Waals surface area contributed by atoms with Gasteiger partial charge in [0, 0.05) is 17.3 Å². The Hall–Kier alpha value is -2.82. The van der Waals surface area contributed by atoms with Gasteiger partial charge in [0.1, 0.15) is 5.75 Å². The molecular weight excluding hydrogens is 316 g/mol. The second kappa shape index (κ2) is 8.33. The van der Waals surface area contributed by atoms with E-state index in [0.29, 0.717) is 17.1 Å². The van der Waals surface area contributed by atoms with Crippen LogP contribution in [0.15, 0.2) is 42.5 Å². The Morgan fingerprint density at radius 2 is 1.56 bits per heavy atom. The molecule has 25 heavy (non-hydrogen) atoms. The molecule has 2 rings (SSSR count). The first-order chi connectivity index (χ1) is 11.9. The summed E-state index contributed by atoms with van der Waals surface area (Å²) in [5.74, 6) is 0.349. The zero-order chi connectivity index (χ0) is 18.4. The van der Waals surface area contributed by atoms with Gasteiger partial charge in [0.2, 0.25) is 5.91 Å². The summed E-state index contributed by atoms with van der Waals surface area (Å²) in [4.78, 5) is 23.7. The largest absolute Gasteiger partial charge is 0.483 e. The molecule has 0 saturated carbocycles. The van der Waals surface area contributed by atoms with Crippen molar-refractivity contribution in [2.75, 3.05) is 17.2 Å². The van der Waals surface area contributed by atoms with E-state index in [1.807, 2.05) is 45.9 Å². The Balaban J connectivity index is 1.88. The maximum absolute atomic E-state index is 12.0. The number of amides is 2. The lowest BCUT2D eigenvalue weighted by atomic mass is 10.1. The van der Waals surface area contributed by atoms with Gasteiger partial charge >= 0.3 is 0 Å². The summed E-state index contributed by atoms with van der Waals surface area (Å²) in [5.41, 5.74) is 3.50. The van der Waals surface area contributed by atoms with Crippen molar-refractivity contribution in [3.05, 3.63) is 53.6 Å². The van der Waals surface area contributed by atoms with E-state index in [2.05, 4.69) is 10.6 Å². The second-order valence-electron chi connectivity index (χ2n) is 6.26. The van der Waals surface area contributed by atoms with E-state index >= 15 is 0 Å². The fourth-order valence-electron chi connectivity index (χ4n) is 2.14. The third-order valence-corrected chi connectivity index (χ3v) is 3.87. The minimum Gasteiger partial charge on any atom is -0.483 e. The number of carbonyl (C=O) groups is 2. The Labute approximate surface area is 148 Å². The van der Waals surface area contributed by atoms with Gasteiger partial charge in [-0.3, -0.25) is 9.59 Å². The molecule has 0 saturated heterocycles. The number of hydrogen-bond donors (Lipinski definition) is 2. The first kappa shape index (κ1) is 18.5. The number of hydrogen-bond acceptors (Lipinski definition) is 3. The topological polar surface area (TPSA) is 67.4 Å². The van der Waals surface area contributed by atoms with Gasteiger partial charge in [-0.1, -0.05) is 26.0 Å². The average Bonchev–Trinajstić information content (AvgIpc) is 2.58. The van der Waals surface area contributed by atoms with Crippen LogP contribution >= 0.6 is 0 Å². The van der Waals surface area contributed by atoms with Crippen molar-refractivity contribution in [2.45, 2.75) is 27.7 Å². The van der Waals surface area contributed by atoms with Crippen molar-refractivity contribution in [3.8, 4) is 5.75 Å². The van der Waals surface area contributed by atoms with E-state index in [1.54, 1.807) is 24.3 Å². The molecule has 132 valence electrons. The molecule has 0 fully saturated rings. The van der Waals surface area contributed by atoms with Gasteiger partial charge in [0.25, 0.3) is 5.91 Å². The van der Waals surface area contributed by atoms with Crippen LogP contribution in [0.1, 0.15) is 25.0 Å². The lowest BCUT2D eigenvalue weighted by molar-refractivity contribution is -0.119. The minimum absolute atomic E-state index is 0.0429. The van der Waals surface area contributed by atoms with Gasteiger partial charge in [-0.05, 0) is 55.3 Å². The summed E-state index contributed by atoms with van der Waals surface area (Å²) in [6.07, 6.45) is 0. The number of ether oxygens (including phenoxy) is 1. The molecule has 0 aliphatic heterocycles. The summed E-state index contributed by atoms with van der Waals surface area (Å²) in [6, 6.07) is 12.7. The highest BCUT2D eigenvalue weighted by atomic mass is 16.5. The van der Waals surface area contributed by atoms with Crippen LogP contribution in [0, 0.1) is 19.8 Å². The predicted octanol–water partition coefficient (Wildman–Crippen LogP) is 3.92. The van der Waals surface area contributed by atoms with E-state index in [4.69, 9.17) is 4.74 Å². The molecule has 0 aliphatic carbocycles. The van der Waals surface area contributed by atoms with Gasteiger partial charge in [-0.25, -0.2) is 0 Å². The van der Waals surface area contributed by atoms with Gasteiger partial charge < -0.3 is 15.4 Å². The zero-order valence-electron chi connectivity index (χ0n) is 15.1. The highest BCUT2D eigenvalue weighted by Gasteiger charge is 2.08. The van der Waals surface area contributed by atoms with Crippen LogP contribution < -0.4 is 15.4 Å². The highest BCUT2D eigenvalue weighted by molar-refractivity contribution is 5.94. The first-order valence-electron chi connectivity index (χ1n) is 8.26. The summed E-state index contributed by atoms with van der Waals surface area (Å²) in [7, 11) is 0. The van der Waals surface area contributed by atoms with Crippen LogP contribution in [0.5, 0.6) is 5.75 Å². The van der Waals surface area contributed by atoms with Crippen molar-refractivity contribution < 1.29 is 14.3 Å². The van der Waals surface area contributed by atoms with E-state index in [-0.39, 0.29) is 24.3 Å². The lowest BCUT2D eigenvalue weighted by Gasteiger charge is -2.12. The Kier molecular flexibility index (Phi) is 6.17. The van der Waals surface area contributed by atoms with Crippen LogP contribution in [0.25, 0.3) is 0 Å². The van der Waals surface area contributed by atoms with Crippen LogP contribution in [0.2, 0.25) is 0 Å². The van der Waals surface area contributed by atoms with Crippen LogP contribution in [-0.4, -0.2) is 18.4 Å². The molecule has 0 radical (unpaired) electrons. The summed E-state index contributed by atoms with van der Waals surface area (Å²) in [6.45, 7) is 7.57. The molecule has 0 aromatic heterocycles. The first-order valence-corrected chi connectivity index (χ1v) is 8.26. The third kappa shape index (κ3) is 5.35. The molecule has 2 amide bonds. The fourth-order valence-corrected chi connectivity index (χ4v) is 2.14. The number of rotatable bonds is 6. The van der Waals surface area contributed by atoms with Crippen LogP contribution in [0.3, 0.4) is 0 Å². The molecule has 5 heteroatoms. The summed E-state index contributed by atoms with van der Waals surface area (Å²) < 4.78 is 5.59.